The molecule has 5 heteroatoms. The zero-order valence-corrected chi connectivity index (χ0v) is 11.6. The lowest BCUT2D eigenvalue weighted by atomic mass is 9.94. The number of benzene rings is 1. The molecule has 0 saturated carbocycles. The van der Waals surface area contributed by atoms with Crippen molar-refractivity contribution in [2.45, 2.75) is 32.2 Å². The van der Waals surface area contributed by atoms with E-state index in [0.717, 1.165) is 25.5 Å². The Morgan fingerprint density at radius 3 is 2.70 bits per heavy atom. The highest BCUT2D eigenvalue weighted by Crippen LogP contribution is 2.15. The molecule has 0 spiro atoms. The number of nitrogens with one attached hydrogen (secondary N) is 2. The number of amides is 1. The minimum absolute atomic E-state index is 0.0339. The fourth-order valence-corrected chi connectivity index (χ4v) is 2.52. The maximum Gasteiger partial charge on any atom is 0.237 e. The van der Waals surface area contributed by atoms with E-state index in [1.807, 2.05) is 0 Å². The lowest BCUT2D eigenvalue weighted by Crippen LogP contribution is -2.48. The average molecular weight is 282 g/mol. The minimum atomic E-state index is -0.589. The predicted octanol–water partition coefficient (Wildman–Crippen LogP) is 2.01. The molecule has 1 aromatic carbocycles. The zero-order chi connectivity index (χ0) is 14.5. The molecule has 1 heterocycles. The number of piperidine rings is 1. The fourth-order valence-electron chi connectivity index (χ4n) is 2.52. The van der Waals surface area contributed by atoms with Gasteiger partial charge in [-0.2, -0.15) is 0 Å². The molecule has 1 saturated heterocycles. The second kappa shape index (κ2) is 6.79. The molecule has 1 aromatic rings. The molecule has 2 N–H and O–H groups in total. The number of rotatable bonds is 4. The molecule has 0 bridgehead atoms. The van der Waals surface area contributed by atoms with Crippen LogP contribution in [0.15, 0.2) is 18.2 Å². The summed E-state index contributed by atoms with van der Waals surface area (Å²) in [5.74, 6) is -0.666. The van der Waals surface area contributed by atoms with Gasteiger partial charge in [-0.1, -0.05) is 6.92 Å². The summed E-state index contributed by atoms with van der Waals surface area (Å²) in [6, 6.07) is 3.27. The molecule has 1 amide bonds. The first-order valence-electron chi connectivity index (χ1n) is 7.00. The maximum atomic E-state index is 13.0. The van der Waals surface area contributed by atoms with Crippen LogP contribution in [0.1, 0.15) is 25.3 Å². The van der Waals surface area contributed by atoms with Crippen LogP contribution < -0.4 is 10.6 Å². The van der Waals surface area contributed by atoms with Gasteiger partial charge in [0.1, 0.15) is 11.6 Å². The summed E-state index contributed by atoms with van der Waals surface area (Å²) in [7, 11) is 0. The van der Waals surface area contributed by atoms with Crippen molar-refractivity contribution in [3.63, 3.8) is 0 Å². The maximum absolute atomic E-state index is 13.0. The molecular weight excluding hydrogens is 262 g/mol. The van der Waals surface area contributed by atoms with Gasteiger partial charge in [0, 0.05) is 12.6 Å². The van der Waals surface area contributed by atoms with Gasteiger partial charge >= 0.3 is 0 Å². The smallest absolute Gasteiger partial charge is 0.237 e. The summed E-state index contributed by atoms with van der Waals surface area (Å²) in [6.45, 7) is 3.37. The molecule has 1 aliphatic heterocycles. The van der Waals surface area contributed by atoms with Crippen molar-refractivity contribution < 1.29 is 13.6 Å². The molecule has 0 aliphatic carbocycles. The molecule has 110 valence electrons. The Labute approximate surface area is 117 Å². The van der Waals surface area contributed by atoms with Gasteiger partial charge in [-0.15, -0.1) is 0 Å². The van der Waals surface area contributed by atoms with Crippen molar-refractivity contribution in [2.24, 2.45) is 5.92 Å². The summed E-state index contributed by atoms with van der Waals surface area (Å²) >= 11 is 0. The highest BCUT2D eigenvalue weighted by atomic mass is 19.1. The van der Waals surface area contributed by atoms with Crippen molar-refractivity contribution in [3.8, 4) is 0 Å². The molecule has 2 rings (SSSR count). The second-order valence-corrected chi connectivity index (χ2v) is 5.45. The van der Waals surface area contributed by atoms with Crippen molar-refractivity contribution in [1.82, 2.24) is 10.6 Å². The number of hydrogen-bond acceptors (Lipinski definition) is 2. The highest BCUT2D eigenvalue weighted by Gasteiger charge is 2.23. The highest BCUT2D eigenvalue weighted by molar-refractivity contribution is 5.81. The van der Waals surface area contributed by atoms with E-state index in [9.17, 15) is 13.6 Å². The summed E-state index contributed by atoms with van der Waals surface area (Å²) in [5, 5.41) is 6.00. The van der Waals surface area contributed by atoms with Gasteiger partial charge in [-0.05, 0) is 49.4 Å². The van der Waals surface area contributed by atoms with E-state index >= 15 is 0 Å². The van der Waals surface area contributed by atoms with Gasteiger partial charge in [0.2, 0.25) is 5.91 Å². The van der Waals surface area contributed by atoms with Crippen molar-refractivity contribution in [3.05, 3.63) is 35.4 Å². The van der Waals surface area contributed by atoms with Gasteiger partial charge in [-0.3, -0.25) is 4.79 Å². The van der Waals surface area contributed by atoms with Crippen LogP contribution in [0.3, 0.4) is 0 Å². The topological polar surface area (TPSA) is 41.1 Å². The Morgan fingerprint density at radius 2 is 2.05 bits per heavy atom. The van der Waals surface area contributed by atoms with Crippen molar-refractivity contribution in [2.75, 3.05) is 13.1 Å². The van der Waals surface area contributed by atoms with Crippen LogP contribution in [0.5, 0.6) is 0 Å². The molecule has 1 aliphatic rings. The van der Waals surface area contributed by atoms with E-state index in [2.05, 4.69) is 17.6 Å². The number of carbonyl (C=O) groups excluding carboxylic acids is 1. The quantitative estimate of drug-likeness (QED) is 0.887. The molecule has 0 radical (unpaired) electrons. The summed E-state index contributed by atoms with van der Waals surface area (Å²) in [5.41, 5.74) is 0.549. The van der Waals surface area contributed by atoms with E-state index in [1.54, 1.807) is 0 Å². The van der Waals surface area contributed by atoms with Crippen LogP contribution in [0.25, 0.3) is 0 Å². The SMILES string of the molecule is CC1CCNC(C(=O)NCCc2cc(F)cc(F)c2)C1. The molecule has 3 nitrogen and oxygen atoms in total. The first-order chi connectivity index (χ1) is 9.54. The summed E-state index contributed by atoms with van der Waals surface area (Å²) in [4.78, 5) is 11.9. The number of halogens is 2. The van der Waals surface area contributed by atoms with Gasteiger partial charge < -0.3 is 10.6 Å². The minimum Gasteiger partial charge on any atom is -0.354 e. The van der Waals surface area contributed by atoms with Crippen molar-refractivity contribution >= 4 is 5.91 Å². The third-order valence-electron chi connectivity index (χ3n) is 3.62. The van der Waals surface area contributed by atoms with Gasteiger partial charge in [0.15, 0.2) is 0 Å². The van der Waals surface area contributed by atoms with Crippen LogP contribution in [-0.2, 0) is 11.2 Å². The number of carbonyl (C=O) groups is 1. The van der Waals surface area contributed by atoms with Crippen LogP contribution in [0, 0.1) is 17.6 Å². The average Bonchev–Trinajstić information content (AvgIpc) is 2.37. The molecule has 1 fully saturated rings. The Hall–Kier alpha value is -1.49. The van der Waals surface area contributed by atoms with Gasteiger partial charge in [0.05, 0.1) is 6.04 Å². The molecule has 0 aromatic heterocycles. The Bertz CT molecular complexity index is 459. The van der Waals surface area contributed by atoms with Crippen LogP contribution >= 0.6 is 0 Å². The standard InChI is InChI=1S/C15H20F2N2O/c1-10-2-4-18-14(6-10)15(20)19-5-3-11-7-12(16)9-13(17)8-11/h7-10,14,18H,2-6H2,1H3,(H,19,20). The summed E-state index contributed by atoms with van der Waals surface area (Å²) in [6.07, 6.45) is 2.34. The molecular formula is C15H20F2N2O. The van der Waals surface area contributed by atoms with Crippen LogP contribution in [0.2, 0.25) is 0 Å². The monoisotopic (exact) mass is 282 g/mol. The Kier molecular flexibility index (Phi) is 5.06. The van der Waals surface area contributed by atoms with Gasteiger partial charge in [0.25, 0.3) is 0 Å². The van der Waals surface area contributed by atoms with Crippen molar-refractivity contribution in [1.29, 1.82) is 0 Å². The van der Waals surface area contributed by atoms with E-state index in [-0.39, 0.29) is 11.9 Å². The fraction of sp³-hybridized carbons (Fsp3) is 0.533. The molecule has 20 heavy (non-hydrogen) atoms. The zero-order valence-electron chi connectivity index (χ0n) is 11.6. The van der Waals surface area contributed by atoms with E-state index < -0.39 is 11.6 Å². The van der Waals surface area contributed by atoms with Crippen LogP contribution in [0.4, 0.5) is 8.78 Å². The second-order valence-electron chi connectivity index (χ2n) is 5.45. The predicted molar refractivity (Wildman–Crippen MR) is 73.3 cm³/mol. The number of hydrogen-bond donors (Lipinski definition) is 2. The third-order valence-corrected chi connectivity index (χ3v) is 3.62. The molecule has 2 unspecified atom stereocenters. The first kappa shape index (κ1) is 14.9. The van der Waals surface area contributed by atoms with E-state index in [0.29, 0.717) is 24.4 Å². The van der Waals surface area contributed by atoms with Gasteiger partial charge in [-0.25, -0.2) is 8.78 Å². The van der Waals surface area contributed by atoms with E-state index in [4.69, 9.17) is 0 Å². The summed E-state index contributed by atoms with van der Waals surface area (Å²) < 4.78 is 26.0. The molecule has 2 atom stereocenters. The Balaban J connectivity index is 1.78. The Morgan fingerprint density at radius 1 is 1.35 bits per heavy atom. The lowest BCUT2D eigenvalue weighted by molar-refractivity contribution is -0.123. The normalized spacial score (nSPS) is 22.6. The first-order valence-corrected chi connectivity index (χ1v) is 7.00. The largest absolute Gasteiger partial charge is 0.354 e. The van der Waals surface area contributed by atoms with E-state index in [1.165, 1.54) is 12.1 Å². The lowest BCUT2D eigenvalue weighted by Gasteiger charge is -2.27. The third kappa shape index (κ3) is 4.27. The van der Waals surface area contributed by atoms with Crippen LogP contribution in [-0.4, -0.2) is 25.0 Å².